The summed E-state index contributed by atoms with van der Waals surface area (Å²) >= 11 is 0. The molecule has 1 aromatic rings. The highest BCUT2D eigenvalue weighted by molar-refractivity contribution is 7.27. The number of nitrogens with zero attached hydrogens (tertiary/aromatic N) is 1. The zero-order valence-corrected chi connectivity index (χ0v) is 12.4. The van der Waals surface area contributed by atoms with Gasteiger partial charge in [-0.3, -0.25) is 4.79 Å². The van der Waals surface area contributed by atoms with Crippen molar-refractivity contribution in [1.29, 1.82) is 0 Å². The Morgan fingerprint density at radius 2 is 2.05 bits per heavy atom. The van der Waals surface area contributed by atoms with Gasteiger partial charge in [0, 0.05) is 24.2 Å². The third-order valence-corrected chi connectivity index (χ3v) is 4.05. The highest BCUT2D eigenvalue weighted by Gasteiger charge is 2.35. The summed E-state index contributed by atoms with van der Waals surface area (Å²) in [5.41, 5.74) is 0.379. The highest BCUT2D eigenvalue weighted by atomic mass is 31.0. The minimum atomic E-state index is -4.44. The van der Waals surface area contributed by atoms with Crippen LogP contribution in [0.5, 0.6) is 0 Å². The molecule has 2 rings (SSSR count). The number of rotatable bonds is 2. The van der Waals surface area contributed by atoms with Crippen molar-refractivity contribution in [2.24, 2.45) is 0 Å². The number of carbonyl (C=O) groups is 1. The van der Waals surface area contributed by atoms with Crippen molar-refractivity contribution in [3.05, 3.63) is 29.6 Å². The second-order valence-electron chi connectivity index (χ2n) is 5.23. The van der Waals surface area contributed by atoms with Gasteiger partial charge in [0.25, 0.3) is 0 Å². The molecule has 21 heavy (non-hydrogen) atoms. The van der Waals surface area contributed by atoms with Gasteiger partial charge in [0.2, 0.25) is 5.91 Å². The minimum absolute atomic E-state index is 0.0781. The van der Waals surface area contributed by atoms with Crippen LogP contribution in [0.4, 0.5) is 17.6 Å². The maximum Gasteiger partial charge on any atom is 0.406 e. The number of alkyl halides is 3. The molecule has 7 heteroatoms. The Kier molecular flexibility index (Phi) is 4.87. The second kappa shape index (κ2) is 6.30. The molecule has 2 unspecified atom stereocenters. The van der Waals surface area contributed by atoms with Gasteiger partial charge in [0.05, 0.1) is 0 Å². The van der Waals surface area contributed by atoms with Crippen LogP contribution in [0.3, 0.4) is 0 Å². The lowest BCUT2D eigenvalue weighted by atomic mass is 9.94. The van der Waals surface area contributed by atoms with E-state index in [0.29, 0.717) is 23.7 Å². The molecule has 1 heterocycles. The highest BCUT2D eigenvalue weighted by Crippen LogP contribution is 2.30. The molecule has 1 aliphatic rings. The quantitative estimate of drug-likeness (QED) is 0.606. The molecule has 0 aromatic heterocycles. The van der Waals surface area contributed by atoms with Gasteiger partial charge in [0.1, 0.15) is 12.4 Å². The van der Waals surface area contributed by atoms with E-state index in [-0.39, 0.29) is 13.0 Å². The Hall–Kier alpha value is -1.16. The van der Waals surface area contributed by atoms with Crippen molar-refractivity contribution in [3.63, 3.8) is 0 Å². The van der Waals surface area contributed by atoms with Crippen LogP contribution < -0.4 is 5.30 Å². The minimum Gasteiger partial charge on any atom is -0.333 e. The van der Waals surface area contributed by atoms with Gasteiger partial charge < -0.3 is 4.90 Å². The summed E-state index contributed by atoms with van der Waals surface area (Å²) in [6.45, 7) is -1.37. The molecule has 1 saturated heterocycles. The van der Waals surface area contributed by atoms with Crippen molar-refractivity contribution in [2.75, 3.05) is 13.1 Å². The number of amides is 1. The summed E-state index contributed by atoms with van der Waals surface area (Å²) in [5.74, 6) is -1.34. The first-order valence-corrected chi connectivity index (χ1v) is 7.24. The van der Waals surface area contributed by atoms with E-state index in [1.807, 2.05) is 0 Å². The van der Waals surface area contributed by atoms with Crippen LogP contribution in [0.25, 0.3) is 0 Å². The lowest BCUT2D eigenvalue weighted by Gasteiger charge is -2.26. The smallest absolute Gasteiger partial charge is 0.333 e. The third-order valence-electron chi connectivity index (χ3n) is 3.61. The average molecular weight is 321 g/mol. The summed E-state index contributed by atoms with van der Waals surface area (Å²) < 4.78 is 51.8. The van der Waals surface area contributed by atoms with Crippen LogP contribution >= 0.6 is 9.24 Å². The molecule has 2 atom stereocenters. The fourth-order valence-corrected chi connectivity index (χ4v) is 2.90. The second-order valence-corrected chi connectivity index (χ2v) is 5.85. The van der Waals surface area contributed by atoms with Gasteiger partial charge in [-0.05, 0) is 18.4 Å². The Bertz CT molecular complexity index is 532. The number of hydrogen-bond donors (Lipinski definition) is 0. The van der Waals surface area contributed by atoms with Crippen LogP contribution in [0.15, 0.2) is 18.2 Å². The van der Waals surface area contributed by atoms with E-state index in [2.05, 4.69) is 9.24 Å². The van der Waals surface area contributed by atoms with Gasteiger partial charge >= 0.3 is 6.18 Å². The molecule has 1 amide bonds. The normalized spacial score (nSPS) is 20.5. The van der Waals surface area contributed by atoms with Crippen molar-refractivity contribution >= 4 is 20.5 Å². The summed E-state index contributed by atoms with van der Waals surface area (Å²) in [4.78, 5) is 12.5. The van der Waals surface area contributed by atoms with Crippen molar-refractivity contribution in [1.82, 2.24) is 4.90 Å². The number of halogens is 4. The van der Waals surface area contributed by atoms with Crippen LogP contribution in [-0.2, 0) is 4.79 Å². The summed E-state index contributed by atoms with van der Waals surface area (Å²) in [5, 5.41) is 0.380. The Morgan fingerprint density at radius 1 is 1.33 bits per heavy atom. The van der Waals surface area contributed by atoms with Crippen LogP contribution in [-0.4, -0.2) is 30.1 Å². The summed E-state index contributed by atoms with van der Waals surface area (Å²) in [6, 6.07) is 4.83. The monoisotopic (exact) mass is 321 g/mol. The van der Waals surface area contributed by atoms with Crippen molar-refractivity contribution < 1.29 is 22.4 Å². The molecular formula is C14H16F4NOP. The predicted octanol–water partition coefficient (Wildman–Crippen LogP) is 2.98. The van der Waals surface area contributed by atoms with Crippen LogP contribution in [0, 0.1) is 5.82 Å². The Labute approximate surface area is 122 Å². The Morgan fingerprint density at radius 3 is 2.71 bits per heavy atom. The maximum atomic E-state index is 14.1. The molecule has 2 nitrogen and oxygen atoms in total. The first-order valence-electron chi connectivity index (χ1n) is 6.66. The van der Waals surface area contributed by atoms with Gasteiger partial charge in [-0.15, -0.1) is 9.24 Å². The van der Waals surface area contributed by atoms with Gasteiger partial charge in [-0.2, -0.15) is 13.2 Å². The van der Waals surface area contributed by atoms with Crippen molar-refractivity contribution in [2.45, 2.75) is 31.4 Å². The molecule has 1 fully saturated rings. The first kappa shape index (κ1) is 16.2. The molecule has 0 radical (unpaired) electrons. The standard InChI is InChI=1S/C14H16F4NOP/c15-13-10(4-2-5-11(13)21)9-3-1-6-12(20)19(7-9)8-14(16,17)18/h2,4-5,9H,1,3,6-8,21H2. The van der Waals surface area contributed by atoms with Crippen molar-refractivity contribution in [3.8, 4) is 0 Å². The molecule has 0 N–H and O–H groups in total. The number of likely N-dealkylation sites (tertiary alicyclic amines) is 1. The van der Waals surface area contributed by atoms with Gasteiger partial charge in [0.15, 0.2) is 0 Å². The topological polar surface area (TPSA) is 20.3 Å². The van der Waals surface area contributed by atoms with Gasteiger partial charge in [-0.1, -0.05) is 18.2 Å². The molecule has 0 saturated carbocycles. The van der Waals surface area contributed by atoms with E-state index in [1.165, 1.54) is 0 Å². The van der Waals surface area contributed by atoms with Crippen LogP contribution in [0.2, 0.25) is 0 Å². The SMILES string of the molecule is O=C1CCCC(c2cccc(P)c2F)CN1CC(F)(F)F. The lowest BCUT2D eigenvalue weighted by Crippen LogP contribution is -2.40. The molecule has 1 aliphatic heterocycles. The van der Waals surface area contributed by atoms with E-state index >= 15 is 0 Å². The summed E-state index contributed by atoms with van der Waals surface area (Å²) in [6.07, 6.45) is -3.39. The molecule has 0 aliphatic carbocycles. The van der Waals surface area contributed by atoms with Crippen LogP contribution in [0.1, 0.15) is 30.7 Å². The first-order chi connectivity index (χ1) is 9.78. The largest absolute Gasteiger partial charge is 0.406 e. The zero-order valence-electron chi connectivity index (χ0n) is 11.3. The Balaban J connectivity index is 2.24. The predicted molar refractivity (Wildman–Crippen MR) is 75.0 cm³/mol. The average Bonchev–Trinajstić information content (AvgIpc) is 2.54. The maximum absolute atomic E-state index is 14.1. The van der Waals surface area contributed by atoms with Gasteiger partial charge in [-0.25, -0.2) is 4.39 Å². The summed E-state index contributed by atoms with van der Waals surface area (Å²) in [7, 11) is 2.27. The fourth-order valence-electron chi connectivity index (χ4n) is 2.62. The number of carbonyl (C=O) groups excluding carboxylic acids is 1. The van der Waals surface area contributed by atoms with E-state index in [4.69, 9.17) is 0 Å². The third kappa shape index (κ3) is 4.16. The zero-order chi connectivity index (χ0) is 15.6. The fraction of sp³-hybridized carbons (Fsp3) is 0.500. The lowest BCUT2D eigenvalue weighted by molar-refractivity contribution is -0.160. The molecular weight excluding hydrogens is 305 g/mol. The molecule has 0 spiro atoms. The molecule has 1 aromatic carbocycles. The van der Waals surface area contributed by atoms with E-state index in [0.717, 1.165) is 4.90 Å². The van der Waals surface area contributed by atoms with E-state index < -0.39 is 30.4 Å². The van der Waals surface area contributed by atoms with E-state index in [9.17, 15) is 22.4 Å². The van der Waals surface area contributed by atoms with E-state index in [1.54, 1.807) is 18.2 Å². The molecule has 116 valence electrons. The number of hydrogen-bond acceptors (Lipinski definition) is 1. The number of benzene rings is 1. The molecule has 0 bridgehead atoms.